The normalized spacial score (nSPS) is 11.2. The topological polar surface area (TPSA) is 37.3 Å². The molecule has 0 amide bonds. The SMILES string of the molecule is C=Cc1ccc2cc3cc(/C=C\C(=O)O)ccc3cc2c1. The third-order valence-electron chi connectivity index (χ3n) is 3.50. The lowest BCUT2D eigenvalue weighted by atomic mass is 10.00. The Morgan fingerprint density at radius 3 is 2.00 bits per heavy atom. The van der Waals surface area contributed by atoms with Crippen LogP contribution in [-0.2, 0) is 4.79 Å². The fourth-order valence-electron chi connectivity index (χ4n) is 2.43. The van der Waals surface area contributed by atoms with Crippen molar-refractivity contribution in [3.05, 3.63) is 72.3 Å². The molecule has 0 atom stereocenters. The molecule has 3 aromatic rings. The highest BCUT2D eigenvalue weighted by Crippen LogP contribution is 2.25. The molecule has 102 valence electrons. The van der Waals surface area contributed by atoms with Crippen molar-refractivity contribution in [2.75, 3.05) is 0 Å². The van der Waals surface area contributed by atoms with Crippen LogP contribution in [0.2, 0.25) is 0 Å². The third kappa shape index (κ3) is 2.70. The van der Waals surface area contributed by atoms with E-state index >= 15 is 0 Å². The highest BCUT2D eigenvalue weighted by atomic mass is 16.4. The van der Waals surface area contributed by atoms with E-state index in [0.717, 1.165) is 33.4 Å². The van der Waals surface area contributed by atoms with Gasteiger partial charge in [-0.3, -0.25) is 0 Å². The molecule has 2 nitrogen and oxygen atoms in total. The lowest BCUT2D eigenvalue weighted by Crippen LogP contribution is -1.85. The maximum atomic E-state index is 10.6. The maximum absolute atomic E-state index is 10.6. The molecule has 3 rings (SSSR count). The quantitative estimate of drug-likeness (QED) is 0.553. The van der Waals surface area contributed by atoms with Gasteiger partial charge in [-0.15, -0.1) is 0 Å². The fourth-order valence-corrected chi connectivity index (χ4v) is 2.43. The van der Waals surface area contributed by atoms with E-state index in [1.54, 1.807) is 6.08 Å². The molecule has 0 saturated carbocycles. The molecule has 0 spiro atoms. The lowest BCUT2D eigenvalue weighted by Gasteiger charge is -2.05. The lowest BCUT2D eigenvalue weighted by molar-refractivity contribution is -0.131. The van der Waals surface area contributed by atoms with Crippen LogP contribution < -0.4 is 0 Å². The van der Waals surface area contributed by atoms with E-state index < -0.39 is 5.97 Å². The molecule has 0 unspecified atom stereocenters. The molecule has 0 aliphatic heterocycles. The second kappa shape index (κ2) is 5.25. The summed E-state index contributed by atoms with van der Waals surface area (Å²) in [5, 5.41) is 13.3. The van der Waals surface area contributed by atoms with Gasteiger partial charge >= 0.3 is 5.97 Å². The summed E-state index contributed by atoms with van der Waals surface area (Å²) in [6.45, 7) is 3.79. The van der Waals surface area contributed by atoms with Crippen molar-refractivity contribution in [1.82, 2.24) is 0 Å². The average molecular weight is 274 g/mol. The first kappa shape index (κ1) is 13.1. The van der Waals surface area contributed by atoms with Crippen LogP contribution in [0, 0.1) is 0 Å². The predicted octanol–water partition coefficient (Wildman–Crippen LogP) is 4.73. The van der Waals surface area contributed by atoms with Crippen LogP contribution in [0.1, 0.15) is 11.1 Å². The summed E-state index contributed by atoms with van der Waals surface area (Å²) in [7, 11) is 0. The number of hydrogen-bond acceptors (Lipinski definition) is 1. The molecular weight excluding hydrogens is 260 g/mol. The van der Waals surface area contributed by atoms with E-state index in [9.17, 15) is 4.79 Å². The molecular formula is C19H14O2. The van der Waals surface area contributed by atoms with Gasteiger partial charge in [0.15, 0.2) is 0 Å². The Balaban J connectivity index is 2.15. The summed E-state index contributed by atoms with van der Waals surface area (Å²) < 4.78 is 0. The summed E-state index contributed by atoms with van der Waals surface area (Å²) in [5.41, 5.74) is 1.98. The first-order chi connectivity index (χ1) is 10.2. The van der Waals surface area contributed by atoms with Crippen molar-refractivity contribution in [2.24, 2.45) is 0 Å². The third-order valence-corrected chi connectivity index (χ3v) is 3.50. The second-order valence-corrected chi connectivity index (χ2v) is 4.94. The highest BCUT2D eigenvalue weighted by molar-refractivity contribution is 5.99. The first-order valence-corrected chi connectivity index (χ1v) is 6.67. The number of hydrogen-bond donors (Lipinski definition) is 1. The average Bonchev–Trinajstić information content (AvgIpc) is 2.50. The molecule has 0 aromatic heterocycles. The van der Waals surface area contributed by atoms with Gasteiger partial charge in [0.1, 0.15) is 0 Å². The molecule has 1 N–H and O–H groups in total. The van der Waals surface area contributed by atoms with Crippen LogP contribution in [0.4, 0.5) is 0 Å². The molecule has 0 aliphatic carbocycles. The Morgan fingerprint density at radius 2 is 1.43 bits per heavy atom. The Kier molecular flexibility index (Phi) is 3.28. The van der Waals surface area contributed by atoms with Gasteiger partial charge < -0.3 is 5.11 Å². The van der Waals surface area contributed by atoms with E-state index in [1.807, 2.05) is 30.3 Å². The largest absolute Gasteiger partial charge is 0.478 e. The van der Waals surface area contributed by atoms with Crippen molar-refractivity contribution >= 4 is 39.7 Å². The first-order valence-electron chi connectivity index (χ1n) is 6.67. The summed E-state index contributed by atoms with van der Waals surface area (Å²) in [6.07, 6.45) is 4.59. The minimum Gasteiger partial charge on any atom is -0.478 e. The number of rotatable bonds is 3. The van der Waals surface area contributed by atoms with Crippen LogP contribution in [0.15, 0.2) is 61.2 Å². The van der Waals surface area contributed by atoms with Crippen molar-refractivity contribution in [2.45, 2.75) is 0 Å². The van der Waals surface area contributed by atoms with Gasteiger partial charge in [-0.05, 0) is 63.0 Å². The monoisotopic (exact) mass is 274 g/mol. The van der Waals surface area contributed by atoms with Gasteiger partial charge in [-0.2, -0.15) is 0 Å². The minimum atomic E-state index is -0.939. The molecule has 2 heteroatoms. The molecule has 0 saturated heterocycles. The standard InChI is InChI=1S/C19H14O2/c1-2-13-3-6-15-12-18-10-14(5-8-19(20)21)4-7-16(18)11-17(15)9-13/h2-12H,1H2,(H,20,21)/b8-5-. The molecule has 0 heterocycles. The Bertz CT molecular complexity index is 889. The molecule has 0 radical (unpaired) electrons. The van der Waals surface area contributed by atoms with Crippen LogP contribution >= 0.6 is 0 Å². The summed E-state index contributed by atoms with van der Waals surface area (Å²) in [6, 6.07) is 16.4. The van der Waals surface area contributed by atoms with Gasteiger partial charge in [-0.1, -0.05) is 36.9 Å². The van der Waals surface area contributed by atoms with Gasteiger partial charge in [0, 0.05) is 6.08 Å². The van der Waals surface area contributed by atoms with Crippen molar-refractivity contribution in [1.29, 1.82) is 0 Å². The Labute approximate surface area is 122 Å². The van der Waals surface area contributed by atoms with E-state index in [1.165, 1.54) is 5.39 Å². The van der Waals surface area contributed by atoms with E-state index in [4.69, 9.17) is 5.11 Å². The number of carboxylic acids is 1. The van der Waals surface area contributed by atoms with Crippen molar-refractivity contribution < 1.29 is 9.90 Å². The van der Waals surface area contributed by atoms with Crippen molar-refractivity contribution in [3.8, 4) is 0 Å². The number of benzene rings is 3. The van der Waals surface area contributed by atoms with Crippen LogP contribution in [0.3, 0.4) is 0 Å². The van der Waals surface area contributed by atoms with Gasteiger partial charge in [0.05, 0.1) is 0 Å². The minimum absolute atomic E-state index is 0.881. The number of carboxylic acid groups (broad SMARTS) is 1. The zero-order valence-electron chi connectivity index (χ0n) is 11.4. The number of fused-ring (bicyclic) bond motifs is 2. The molecule has 21 heavy (non-hydrogen) atoms. The summed E-state index contributed by atoms with van der Waals surface area (Å²) in [5.74, 6) is -0.939. The van der Waals surface area contributed by atoms with Crippen LogP contribution in [0.5, 0.6) is 0 Å². The molecule has 3 aromatic carbocycles. The van der Waals surface area contributed by atoms with E-state index in [0.29, 0.717) is 0 Å². The molecule has 0 aliphatic rings. The number of carbonyl (C=O) groups is 1. The zero-order chi connectivity index (χ0) is 14.8. The van der Waals surface area contributed by atoms with Crippen molar-refractivity contribution in [3.63, 3.8) is 0 Å². The second-order valence-electron chi connectivity index (χ2n) is 4.94. The van der Waals surface area contributed by atoms with E-state index in [-0.39, 0.29) is 0 Å². The van der Waals surface area contributed by atoms with E-state index in [2.05, 4.69) is 30.8 Å². The smallest absolute Gasteiger partial charge is 0.328 e. The maximum Gasteiger partial charge on any atom is 0.328 e. The summed E-state index contributed by atoms with van der Waals surface area (Å²) >= 11 is 0. The zero-order valence-corrected chi connectivity index (χ0v) is 11.4. The Morgan fingerprint density at radius 1 is 0.857 bits per heavy atom. The molecule has 0 fully saturated rings. The van der Waals surface area contributed by atoms with Gasteiger partial charge in [0.25, 0.3) is 0 Å². The van der Waals surface area contributed by atoms with Gasteiger partial charge in [0.2, 0.25) is 0 Å². The predicted molar refractivity (Wildman–Crippen MR) is 88.2 cm³/mol. The number of aliphatic carboxylic acids is 1. The highest BCUT2D eigenvalue weighted by Gasteiger charge is 2.00. The Hall–Kier alpha value is -2.87. The molecule has 0 bridgehead atoms. The fraction of sp³-hybridized carbons (Fsp3) is 0. The van der Waals surface area contributed by atoms with Crippen LogP contribution in [0.25, 0.3) is 33.7 Å². The van der Waals surface area contributed by atoms with Gasteiger partial charge in [-0.25, -0.2) is 4.79 Å². The summed E-state index contributed by atoms with van der Waals surface area (Å²) in [4.78, 5) is 10.6. The van der Waals surface area contributed by atoms with Crippen LogP contribution in [-0.4, -0.2) is 11.1 Å².